The number of nitrogens with zero attached hydrogens (tertiary/aromatic N) is 3. The number of hydrogen-bond acceptors (Lipinski definition) is 7. The fourth-order valence-corrected chi connectivity index (χ4v) is 6.17. The predicted molar refractivity (Wildman–Crippen MR) is 169 cm³/mol. The largest absolute Gasteiger partial charge is 0.497 e. The Balaban J connectivity index is 2.14. The molecule has 0 aliphatic heterocycles. The number of hydrogen-bond donors (Lipinski definition) is 1. The first-order valence-corrected chi connectivity index (χ1v) is 15.6. The summed E-state index contributed by atoms with van der Waals surface area (Å²) in [6, 6.07) is 16.3. The van der Waals surface area contributed by atoms with Gasteiger partial charge in [0.05, 0.1) is 22.6 Å². The number of anilines is 1. The number of carbonyl (C=O) groups excluding carboxylic acids is 2. The van der Waals surface area contributed by atoms with E-state index in [0.717, 1.165) is 21.5 Å². The molecule has 3 rings (SSSR count). The van der Waals surface area contributed by atoms with E-state index in [4.69, 9.17) is 4.74 Å². The van der Waals surface area contributed by atoms with Gasteiger partial charge in [-0.25, -0.2) is 8.42 Å². The summed E-state index contributed by atoms with van der Waals surface area (Å²) < 4.78 is 34.4. The van der Waals surface area contributed by atoms with Gasteiger partial charge in [0.1, 0.15) is 18.3 Å². The summed E-state index contributed by atoms with van der Waals surface area (Å²) in [4.78, 5) is 39.7. The van der Waals surface area contributed by atoms with Gasteiger partial charge in [-0.05, 0) is 76.9 Å². The van der Waals surface area contributed by atoms with Gasteiger partial charge in [0, 0.05) is 23.7 Å². The maximum atomic E-state index is 14.2. The van der Waals surface area contributed by atoms with Gasteiger partial charge in [-0.15, -0.1) is 0 Å². The van der Waals surface area contributed by atoms with Crippen LogP contribution in [0.4, 0.5) is 11.4 Å². The van der Waals surface area contributed by atoms with Crippen molar-refractivity contribution in [3.8, 4) is 5.75 Å². The van der Waals surface area contributed by atoms with Crippen molar-refractivity contribution >= 4 is 33.2 Å². The molecule has 236 valence electrons. The number of rotatable bonds is 12. The number of nitro groups is 1. The molecular weight excluding hydrogens is 584 g/mol. The third kappa shape index (κ3) is 8.34. The topological polar surface area (TPSA) is 139 Å². The molecule has 0 saturated carbocycles. The molecule has 0 heterocycles. The fraction of sp³-hybridized carbons (Fsp3) is 0.375. The van der Waals surface area contributed by atoms with Gasteiger partial charge < -0.3 is 15.0 Å². The van der Waals surface area contributed by atoms with Gasteiger partial charge >= 0.3 is 0 Å². The van der Waals surface area contributed by atoms with Crippen molar-refractivity contribution < 1.29 is 27.7 Å². The van der Waals surface area contributed by atoms with E-state index in [1.54, 1.807) is 19.1 Å². The molecule has 12 heteroatoms. The molecule has 0 aliphatic rings. The number of benzene rings is 3. The second kappa shape index (κ2) is 13.9. The van der Waals surface area contributed by atoms with Crippen LogP contribution in [0.25, 0.3) is 0 Å². The molecule has 0 radical (unpaired) electrons. The number of amides is 2. The predicted octanol–water partition coefficient (Wildman–Crippen LogP) is 5.14. The molecule has 1 N–H and O–H groups in total. The number of nitro benzene ring substituents is 1. The van der Waals surface area contributed by atoms with Gasteiger partial charge in [-0.1, -0.05) is 42.8 Å². The average molecular weight is 625 g/mol. The molecule has 11 nitrogen and oxygen atoms in total. The van der Waals surface area contributed by atoms with E-state index in [9.17, 15) is 28.1 Å². The van der Waals surface area contributed by atoms with Crippen molar-refractivity contribution in [1.29, 1.82) is 0 Å². The van der Waals surface area contributed by atoms with Gasteiger partial charge in [0.15, 0.2) is 0 Å². The summed E-state index contributed by atoms with van der Waals surface area (Å²) >= 11 is 0. The van der Waals surface area contributed by atoms with Crippen molar-refractivity contribution in [1.82, 2.24) is 10.2 Å². The smallest absolute Gasteiger partial charge is 0.273 e. The van der Waals surface area contributed by atoms with Crippen molar-refractivity contribution in [3.05, 3.63) is 93.5 Å². The van der Waals surface area contributed by atoms with E-state index >= 15 is 0 Å². The van der Waals surface area contributed by atoms with Crippen LogP contribution in [-0.4, -0.2) is 55.3 Å². The van der Waals surface area contributed by atoms with E-state index < -0.39 is 39.0 Å². The van der Waals surface area contributed by atoms with Gasteiger partial charge in [-0.2, -0.15) is 0 Å². The van der Waals surface area contributed by atoms with Crippen LogP contribution in [-0.2, 0) is 26.2 Å². The third-order valence-corrected chi connectivity index (χ3v) is 8.69. The van der Waals surface area contributed by atoms with Crippen molar-refractivity contribution in [3.63, 3.8) is 0 Å². The van der Waals surface area contributed by atoms with Crippen LogP contribution in [0, 0.1) is 24.0 Å². The van der Waals surface area contributed by atoms with Crippen LogP contribution in [0.1, 0.15) is 50.8 Å². The van der Waals surface area contributed by atoms with E-state index in [2.05, 4.69) is 5.32 Å². The lowest BCUT2D eigenvalue weighted by Gasteiger charge is -2.34. The van der Waals surface area contributed by atoms with E-state index in [1.807, 2.05) is 52.0 Å². The number of nitrogens with one attached hydrogen (secondary N) is 1. The molecule has 0 saturated heterocycles. The van der Waals surface area contributed by atoms with Crippen LogP contribution in [0.2, 0.25) is 0 Å². The molecule has 0 aromatic heterocycles. The van der Waals surface area contributed by atoms with Crippen LogP contribution in [0.5, 0.6) is 5.75 Å². The number of sulfonamides is 1. The molecule has 0 spiro atoms. The molecule has 3 aromatic carbocycles. The van der Waals surface area contributed by atoms with Crippen molar-refractivity contribution in [2.45, 2.75) is 71.0 Å². The molecule has 0 unspecified atom stereocenters. The first-order chi connectivity index (χ1) is 20.6. The van der Waals surface area contributed by atoms with Gasteiger partial charge in [0.25, 0.3) is 15.7 Å². The first-order valence-electron chi connectivity index (χ1n) is 14.2. The highest BCUT2D eigenvalue weighted by atomic mass is 32.2. The molecule has 0 bridgehead atoms. The maximum Gasteiger partial charge on any atom is 0.273 e. The molecular formula is C32H40N4O7S. The van der Waals surface area contributed by atoms with Crippen LogP contribution < -0.4 is 14.4 Å². The lowest BCUT2D eigenvalue weighted by molar-refractivity contribution is -0.385. The summed E-state index contributed by atoms with van der Waals surface area (Å²) in [6.45, 7) is 10.1. The quantitative estimate of drug-likeness (QED) is 0.218. The minimum absolute atomic E-state index is 0.0586. The highest BCUT2D eigenvalue weighted by Gasteiger charge is 2.35. The Morgan fingerprint density at radius 1 is 1.02 bits per heavy atom. The normalized spacial score (nSPS) is 12.2. The van der Waals surface area contributed by atoms with Crippen molar-refractivity contribution in [2.75, 3.05) is 18.0 Å². The first kappa shape index (κ1) is 34.0. The summed E-state index contributed by atoms with van der Waals surface area (Å²) in [6.07, 6.45) is 0.277. The Morgan fingerprint density at radius 2 is 1.68 bits per heavy atom. The maximum absolute atomic E-state index is 14.2. The second-order valence-electron chi connectivity index (χ2n) is 11.6. The highest BCUT2D eigenvalue weighted by Crippen LogP contribution is 2.29. The summed E-state index contributed by atoms with van der Waals surface area (Å²) in [7, 11) is -3.03. The Hall–Kier alpha value is -4.45. The lowest BCUT2D eigenvalue weighted by atomic mass is 10.0. The minimum atomic E-state index is -4.50. The minimum Gasteiger partial charge on any atom is -0.497 e. The van der Waals surface area contributed by atoms with Crippen LogP contribution in [0.15, 0.2) is 71.6 Å². The van der Waals surface area contributed by atoms with E-state index in [-0.39, 0.29) is 35.1 Å². The summed E-state index contributed by atoms with van der Waals surface area (Å²) in [5.74, 6) is -0.521. The fourth-order valence-electron chi connectivity index (χ4n) is 4.73. The molecule has 1 atom stereocenters. The monoisotopic (exact) mass is 624 g/mol. The summed E-state index contributed by atoms with van der Waals surface area (Å²) in [5, 5.41) is 14.6. The lowest BCUT2D eigenvalue weighted by Crippen LogP contribution is -2.55. The number of aryl methyl sites for hydroxylation is 2. The van der Waals surface area contributed by atoms with E-state index in [1.165, 1.54) is 43.2 Å². The molecule has 3 aromatic rings. The van der Waals surface area contributed by atoms with E-state index in [0.29, 0.717) is 11.3 Å². The number of methoxy groups -OCH3 is 1. The molecule has 2 amide bonds. The number of carbonyl (C=O) groups is 2. The third-order valence-electron chi connectivity index (χ3n) is 6.92. The zero-order valence-corrected chi connectivity index (χ0v) is 27.0. The molecule has 0 fully saturated rings. The molecule has 44 heavy (non-hydrogen) atoms. The Morgan fingerprint density at radius 3 is 2.23 bits per heavy atom. The van der Waals surface area contributed by atoms with Gasteiger partial charge in [0.2, 0.25) is 11.8 Å². The van der Waals surface area contributed by atoms with Gasteiger partial charge in [-0.3, -0.25) is 24.0 Å². The van der Waals surface area contributed by atoms with Crippen LogP contribution in [0.3, 0.4) is 0 Å². The average Bonchev–Trinajstić information content (AvgIpc) is 2.94. The summed E-state index contributed by atoms with van der Waals surface area (Å²) in [5.41, 5.74) is 1.24. The Labute approximate surface area is 259 Å². The highest BCUT2D eigenvalue weighted by molar-refractivity contribution is 7.92. The standard InChI is InChI=1S/C32H40N4O7S/c1-8-28(31(38)33-32(4,5)6)34(20-24-11-9-10-22(2)18-24)30(37)21-35(25-13-15-26(43-7)16-14-25)44(41,42)27-17-12-23(3)29(19-27)36(39)40/h9-19,28H,8,20-21H2,1-7H3,(H,33,38)/t28-/m1/s1. The Bertz CT molecular complexity index is 1620. The molecule has 0 aliphatic carbocycles. The van der Waals surface area contributed by atoms with Crippen molar-refractivity contribution in [2.24, 2.45) is 0 Å². The second-order valence-corrected chi connectivity index (χ2v) is 13.5. The SMILES string of the molecule is CC[C@H](C(=O)NC(C)(C)C)N(Cc1cccc(C)c1)C(=O)CN(c1ccc(OC)cc1)S(=O)(=O)c1ccc(C)c([N+](=O)[O-])c1. The zero-order valence-electron chi connectivity index (χ0n) is 26.2. The Kier molecular flexibility index (Phi) is 10.7. The van der Waals surface area contributed by atoms with Crippen LogP contribution >= 0.6 is 0 Å². The number of ether oxygens (including phenoxy) is 1. The zero-order chi connectivity index (χ0) is 32.8.